The summed E-state index contributed by atoms with van der Waals surface area (Å²) in [7, 11) is 1.90. The van der Waals surface area contributed by atoms with Gasteiger partial charge in [0.05, 0.1) is 18.4 Å². The Labute approximate surface area is 192 Å². The summed E-state index contributed by atoms with van der Waals surface area (Å²) < 4.78 is 1.85. The Morgan fingerprint density at radius 2 is 1.97 bits per heavy atom. The predicted molar refractivity (Wildman–Crippen MR) is 125 cm³/mol. The molecule has 3 aromatic rings. The van der Waals surface area contributed by atoms with Crippen LogP contribution in [-0.4, -0.2) is 43.7 Å². The average Bonchev–Trinajstić information content (AvgIpc) is 3.15. The van der Waals surface area contributed by atoms with Crippen molar-refractivity contribution in [1.82, 2.24) is 24.7 Å². The molecule has 0 fully saturated rings. The lowest BCUT2D eigenvalue weighted by Gasteiger charge is -2.41. The van der Waals surface area contributed by atoms with Crippen LogP contribution in [0.15, 0.2) is 30.7 Å². The Hall–Kier alpha value is -3.20. The van der Waals surface area contributed by atoms with Crippen molar-refractivity contribution < 1.29 is 4.79 Å². The Bertz CT molecular complexity index is 1140. The molecule has 4 heterocycles. The number of hydrogen-bond donors (Lipinski definition) is 2. The Morgan fingerprint density at radius 1 is 1.19 bits per heavy atom. The number of carbonyl (C=O) groups excluding carboxylic acids is 1. The molecule has 0 saturated carbocycles. The molecule has 0 bridgehead atoms. The Kier molecular flexibility index (Phi) is 5.77. The highest BCUT2D eigenvalue weighted by atomic mass is 35.5. The number of fused-ring (bicyclic) bond motifs is 1. The zero-order chi connectivity index (χ0) is 23.0. The van der Waals surface area contributed by atoms with Crippen molar-refractivity contribution in [3.8, 4) is 0 Å². The fourth-order valence-corrected chi connectivity index (χ4v) is 4.07. The lowest BCUT2D eigenvalue weighted by atomic mass is 9.84. The van der Waals surface area contributed by atoms with Gasteiger partial charge in [-0.15, -0.1) is 0 Å². The lowest BCUT2D eigenvalue weighted by Crippen LogP contribution is -2.53. The van der Waals surface area contributed by atoms with Crippen LogP contribution in [0.2, 0.25) is 5.15 Å². The van der Waals surface area contributed by atoms with E-state index in [2.05, 4.69) is 25.7 Å². The average molecular weight is 455 g/mol. The maximum Gasteiger partial charge on any atom is 0.247 e. The third-order valence-corrected chi connectivity index (χ3v) is 5.60. The minimum absolute atomic E-state index is 0.0387. The molecule has 1 amide bonds. The van der Waals surface area contributed by atoms with Gasteiger partial charge in [0.25, 0.3) is 0 Å². The number of halogens is 1. The number of hydrogen-bond acceptors (Lipinski definition) is 7. The zero-order valence-corrected chi connectivity index (χ0v) is 19.6. The Morgan fingerprint density at radius 3 is 2.66 bits per heavy atom. The van der Waals surface area contributed by atoms with Gasteiger partial charge < -0.3 is 15.5 Å². The number of aromatic nitrogens is 5. The molecular weight excluding hydrogens is 428 g/mol. The summed E-state index contributed by atoms with van der Waals surface area (Å²) in [6, 6.07) is 3.37. The van der Waals surface area contributed by atoms with Gasteiger partial charge in [-0.3, -0.25) is 9.48 Å². The van der Waals surface area contributed by atoms with Crippen LogP contribution in [0.4, 0.5) is 17.5 Å². The molecular formula is C22H27ClN8O. The van der Waals surface area contributed by atoms with Crippen LogP contribution in [-0.2, 0) is 17.9 Å². The van der Waals surface area contributed by atoms with Crippen LogP contribution in [0.3, 0.4) is 0 Å². The molecule has 1 aliphatic heterocycles. The molecule has 168 valence electrons. The molecule has 2 N–H and O–H groups in total. The molecule has 32 heavy (non-hydrogen) atoms. The summed E-state index contributed by atoms with van der Waals surface area (Å²) in [4.78, 5) is 27.9. The highest BCUT2D eigenvalue weighted by molar-refractivity contribution is 6.29. The first-order valence-corrected chi connectivity index (χ1v) is 10.8. The topological polar surface area (TPSA) is 101 Å². The standard InChI is InChI=1S/C22H27ClN8O/c1-13-17-19(30(5)18(20(32)28-17)22(2,3)4)29-21(27-13)25-9-15-10-26-31(12-15)11-14-6-7-16(23)24-8-14/h6-8,10,12,18H,9,11H2,1-5H3,(H,28,32)(H,25,27,29)/t18-/m1/s1. The fourth-order valence-electron chi connectivity index (χ4n) is 3.95. The first-order valence-electron chi connectivity index (χ1n) is 10.4. The summed E-state index contributed by atoms with van der Waals surface area (Å²) in [5.41, 5.74) is 3.16. The van der Waals surface area contributed by atoms with Crippen molar-refractivity contribution in [2.24, 2.45) is 5.41 Å². The van der Waals surface area contributed by atoms with E-state index in [1.807, 2.05) is 62.8 Å². The van der Waals surface area contributed by atoms with Crippen LogP contribution in [0.5, 0.6) is 0 Å². The largest absolute Gasteiger partial charge is 0.350 e. The normalized spacial score (nSPS) is 16.0. The van der Waals surface area contributed by atoms with E-state index in [0.29, 0.717) is 35.7 Å². The van der Waals surface area contributed by atoms with Gasteiger partial charge in [0, 0.05) is 31.5 Å². The van der Waals surface area contributed by atoms with E-state index in [0.717, 1.165) is 16.8 Å². The minimum atomic E-state index is -0.322. The van der Waals surface area contributed by atoms with Crippen LogP contribution >= 0.6 is 11.6 Å². The number of anilines is 3. The molecule has 0 radical (unpaired) electrons. The molecule has 4 rings (SSSR count). The van der Waals surface area contributed by atoms with E-state index in [-0.39, 0.29) is 17.4 Å². The predicted octanol–water partition coefficient (Wildman–Crippen LogP) is 3.49. The van der Waals surface area contributed by atoms with Crippen molar-refractivity contribution in [2.75, 3.05) is 22.6 Å². The second kappa shape index (κ2) is 8.38. The molecule has 1 aliphatic rings. The van der Waals surface area contributed by atoms with Gasteiger partial charge in [-0.2, -0.15) is 10.1 Å². The number of likely N-dealkylation sites (N-methyl/N-ethyl adjacent to an activating group) is 1. The maximum atomic E-state index is 12.7. The van der Waals surface area contributed by atoms with Crippen molar-refractivity contribution in [3.63, 3.8) is 0 Å². The number of nitrogens with one attached hydrogen (secondary N) is 2. The van der Waals surface area contributed by atoms with E-state index in [9.17, 15) is 4.79 Å². The highest BCUT2D eigenvalue weighted by Crippen LogP contribution is 2.37. The maximum absolute atomic E-state index is 12.7. The summed E-state index contributed by atoms with van der Waals surface area (Å²) in [6.45, 7) is 9.14. The Balaban J connectivity index is 1.48. The van der Waals surface area contributed by atoms with Crippen molar-refractivity contribution >= 4 is 35.0 Å². The first-order chi connectivity index (χ1) is 15.1. The van der Waals surface area contributed by atoms with Gasteiger partial charge in [-0.1, -0.05) is 38.4 Å². The van der Waals surface area contributed by atoms with E-state index < -0.39 is 0 Å². The van der Waals surface area contributed by atoms with Gasteiger partial charge in [-0.25, -0.2) is 9.97 Å². The second-order valence-corrected chi connectivity index (χ2v) is 9.48. The molecule has 0 saturated heterocycles. The van der Waals surface area contributed by atoms with E-state index in [1.165, 1.54) is 0 Å². The van der Waals surface area contributed by atoms with Gasteiger partial charge in [0.1, 0.15) is 16.9 Å². The van der Waals surface area contributed by atoms with Gasteiger partial charge >= 0.3 is 0 Å². The molecule has 10 heteroatoms. The van der Waals surface area contributed by atoms with Gasteiger partial charge in [-0.05, 0) is 24.0 Å². The van der Waals surface area contributed by atoms with Crippen molar-refractivity contribution in [2.45, 2.75) is 46.8 Å². The SMILES string of the molecule is Cc1nc(NCc2cnn(Cc3ccc(Cl)nc3)c2)nc2c1NC(=O)[C@H](C(C)(C)C)N2C. The number of nitrogens with zero attached hydrogens (tertiary/aromatic N) is 6. The summed E-state index contributed by atoms with van der Waals surface area (Å²) in [5, 5.41) is 11.1. The fraction of sp³-hybridized carbons (Fsp3) is 0.409. The molecule has 9 nitrogen and oxygen atoms in total. The highest BCUT2D eigenvalue weighted by Gasteiger charge is 2.40. The first kappa shape index (κ1) is 22.0. The second-order valence-electron chi connectivity index (χ2n) is 9.09. The van der Waals surface area contributed by atoms with Crippen molar-refractivity contribution in [3.05, 3.63) is 52.7 Å². The minimum Gasteiger partial charge on any atom is -0.350 e. The molecule has 0 aromatic carbocycles. The summed E-state index contributed by atoms with van der Waals surface area (Å²) in [6.07, 6.45) is 5.52. The summed E-state index contributed by atoms with van der Waals surface area (Å²) in [5.74, 6) is 1.18. The van der Waals surface area contributed by atoms with Gasteiger partial charge in [0.2, 0.25) is 11.9 Å². The molecule has 0 unspecified atom stereocenters. The van der Waals surface area contributed by atoms with Crippen LogP contribution in [0.1, 0.15) is 37.6 Å². The number of aryl methyl sites for hydroxylation is 1. The molecule has 0 spiro atoms. The van der Waals surface area contributed by atoms with Crippen molar-refractivity contribution in [1.29, 1.82) is 0 Å². The number of amides is 1. The summed E-state index contributed by atoms with van der Waals surface area (Å²) >= 11 is 5.84. The van der Waals surface area contributed by atoms with E-state index in [1.54, 1.807) is 12.3 Å². The van der Waals surface area contributed by atoms with Crippen LogP contribution in [0.25, 0.3) is 0 Å². The van der Waals surface area contributed by atoms with Crippen LogP contribution < -0.4 is 15.5 Å². The van der Waals surface area contributed by atoms with E-state index in [4.69, 9.17) is 16.6 Å². The third kappa shape index (κ3) is 4.52. The smallest absolute Gasteiger partial charge is 0.247 e. The quantitative estimate of drug-likeness (QED) is 0.569. The third-order valence-electron chi connectivity index (χ3n) is 5.38. The molecule has 3 aromatic heterocycles. The number of carbonyl (C=O) groups is 1. The number of pyridine rings is 1. The molecule has 0 aliphatic carbocycles. The van der Waals surface area contributed by atoms with E-state index >= 15 is 0 Å². The zero-order valence-electron chi connectivity index (χ0n) is 18.8. The monoisotopic (exact) mass is 454 g/mol. The molecule has 1 atom stereocenters. The van der Waals surface area contributed by atoms with Gasteiger partial charge in [0.15, 0.2) is 5.82 Å². The van der Waals surface area contributed by atoms with Crippen LogP contribution in [0, 0.1) is 12.3 Å². The number of rotatable bonds is 5. The lowest BCUT2D eigenvalue weighted by molar-refractivity contribution is -0.119.